The number of nitrogens with one attached hydrogen (secondary N) is 2. The largest absolute Gasteiger partial charge is 0.387 e. The molecule has 1 aliphatic heterocycles. The number of aromatic nitrogens is 2. The quantitative estimate of drug-likeness (QED) is 0.787. The molecule has 5 nitrogen and oxygen atoms in total. The van der Waals surface area contributed by atoms with Crippen molar-refractivity contribution in [3.8, 4) is 0 Å². The van der Waals surface area contributed by atoms with Crippen LogP contribution in [0.4, 0.5) is 10.2 Å². The van der Waals surface area contributed by atoms with E-state index in [1.807, 2.05) is 17.7 Å². The number of anilines is 1. The van der Waals surface area contributed by atoms with Crippen LogP contribution in [0.2, 0.25) is 0 Å². The van der Waals surface area contributed by atoms with Crippen LogP contribution in [0.1, 0.15) is 17.4 Å². The Kier molecular flexibility index (Phi) is 4.40. The van der Waals surface area contributed by atoms with Gasteiger partial charge in [0.25, 0.3) is 0 Å². The van der Waals surface area contributed by atoms with E-state index < -0.39 is 6.10 Å². The average Bonchev–Trinajstić information content (AvgIpc) is 2.86. The van der Waals surface area contributed by atoms with Crippen LogP contribution >= 0.6 is 0 Å². The molecule has 3 N–H and O–H groups in total. The van der Waals surface area contributed by atoms with Crippen molar-refractivity contribution in [1.29, 1.82) is 0 Å². The Morgan fingerprint density at radius 3 is 3.18 bits per heavy atom. The van der Waals surface area contributed by atoms with Crippen molar-refractivity contribution >= 4 is 5.82 Å². The molecular weight excluding hydrogens is 283 g/mol. The number of hydrogen-bond acceptors (Lipinski definition) is 4. The van der Waals surface area contributed by atoms with Crippen LogP contribution in [0.3, 0.4) is 0 Å². The van der Waals surface area contributed by atoms with Crippen LogP contribution in [0.15, 0.2) is 30.3 Å². The maximum atomic E-state index is 13.1. The molecule has 0 aliphatic carbocycles. The SMILES string of the molecule is Cc1cc2n(n1)C[C@H](CNC[C@H](O)c1cccc(F)c1)CN2. The summed E-state index contributed by atoms with van der Waals surface area (Å²) in [5.41, 5.74) is 1.61. The molecule has 0 saturated heterocycles. The maximum absolute atomic E-state index is 13.1. The normalized spacial score (nSPS) is 18.6. The van der Waals surface area contributed by atoms with Crippen LogP contribution in [0.5, 0.6) is 0 Å². The molecule has 1 aliphatic rings. The minimum atomic E-state index is -0.699. The Morgan fingerprint density at radius 1 is 1.50 bits per heavy atom. The highest BCUT2D eigenvalue weighted by atomic mass is 19.1. The molecule has 0 fully saturated rings. The van der Waals surface area contributed by atoms with Gasteiger partial charge >= 0.3 is 0 Å². The second kappa shape index (κ2) is 6.46. The second-order valence-electron chi connectivity index (χ2n) is 5.83. The van der Waals surface area contributed by atoms with Crippen molar-refractivity contribution in [2.24, 2.45) is 5.92 Å². The molecule has 2 atom stereocenters. The second-order valence-corrected chi connectivity index (χ2v) is 5.83. The molecule has 0 saturated carbocycles. The Hall–Kier alpha value is -1.92. The van der Waals surface area contributed by atoms with E-state index in [9.17, 15) is 9.50 Å². The lowest BCUT2D eigenvalue weighted by molar-refractivity contribution is 0.171. The van der Waals surface area contributed by atoms with Crippen molar-refractivity contribution in [1.82, 2.24) is 15.1 Å². The maximum Gasteiger partial charge on any atom is 0.124 e. The number of aliphatic hydroxyl groups is 1. The molecule has 0 spiro atoms. The predicted octanol–water partition coefficient (Wildman–Crippen LogP) is 1.70. The highest BCUT2D eigenvalue weighted by Crippen LogP contribution is 2.18. The fraction of sp³-hybridized carbons (Fsp3) is 0.438. The van der Waals surface area contributed by atoms with E-state index in [0.717, 1.165) is 31.1 Å². The van der Waals surface area contributed by atoms with Gasteiger partial charge in [-0.1, -0.05) is 12.1 Å². The molecule has 1 aromatic heterocycles. The van der Waals surface area contributed by atoms with Crippen LogP contribution in [0.25, 0.3) is 0 Å². The topological polar surface area (TPSA) is 62.1 Å². The van der Waals surface area contributed by atoms with Gasteiger partial charge in [0.15, 0.2) is 0 Å². The molecular formula is C16H21FN4O. The highest BCUT2D eigenvalue weighted by molar-refractivity contribution is 5.38. The van der Waals surface area contributed by atoms with Gasteiger partial charge < -0.3 is 15.7 Å². The van der Waals surface area contributed by atoms with Crippen LogP contribution < -0.4 is 10.6 Å². The predicted molar refractivity (Wildman–Crippen MR) is 83.2 cm³/mol. The summed E-state index contributed by atoms with van der Waals surface area (Å²) in [5.74, 6) is 1.15. The standard InChI is InChI=1S/C16H21FN4O/c1-11-5-16-19-8-12(10-21(16)20-11)7-18-9-15(22)13-3-2-4-14(17)6-13/h2-6,12,15,18-19,22H,7-10H2,1H3/t12-,15+/m1/s1. The highest BCUT2D eigenvalue weighted by Gasteiger charge is 2.19. The first-order valence-corrected chi connectivity index (χ1v) is 7.54. The smallest absolute Gasteiger partial charge is 0.124 e. The van der Waals surface area contributed by atoms with Crippen molar-refractivity contribution in [2.45, 2.75) is 19.6 Å². The van der Waals surface area contributed by atoms with E-state index >= 15 is 0 Å². The number of benzene rings is 1. The van der Waals surface area contributed by atoms with Gasteiger partial charge in [0, 0.05) is 38.2 Å². The number of aryl methyl sites for hydroxylation is 1. The summed E-state index contributed by atoms with van der Waals surface area (Å²) in [5, 5.41) is 21.1. The summed E-state index contributed by atoms with van der Waals surface area (Å²) < 4.78 is 15.1. The Bertz CT molecular complexity index is 643. The lowest BCUT2D eigenvalue weighted by atomic mass is 10.1. The number of fused-ring (bicyclic) bond motifs is 1. The van der Waals surface area contributed by atoms with Crippen LogP contribution in [0, 0.1) is 18.7 Å². The van der Waals surface area contributed by atoms with Gasteiger partial charge in [0.2, 0.25) is 0 Å². The minimum absolute atomic E-state index is 0.324. The van der Waals surface area contributed by atoms with Gasteiger partial charge in [-0.15, -0.1) is 0 Å². The molecule has 0 amide bonds. The third-order valence-corrected chi connectivity index (χ3v) is 3.91. The van der Waals surface area contributed by atoms with Crippen molar-refractivity contribution in [3.05, 3.63) is 47.4 Å². The molecule has 118 valence electrons. The Balaban J connectivity index is 1.47. The number of halogens is 1. The lowest BCUT2D eigenvalue weighted by Gasteiger charge is -2.25. The van der Waals surface area contributed by atoms with E-state index in [1.54, 1.807) is 12.1 Å². The van der Waals surface area contributed by atoms with E-state index in [2.05, 4.69) is 15.7 Å². The molecule has 2 heterocycles. The van der Waals surface area contributed by atoms with E-state index in [4.69, 9.17) is 0 Å². The third kappa shape index (κ3) is 3.45. The van der Waals surface area contributed by atoms with E-state index in [1.165, 1.54) is 12.1 Å². The minimum Gasteiger partial charge on any atom is -0.387 e. The van der Waals surface area contributed by atoms with Gasteiger partial charge in [-0.05, 0) is 24.6 Å². The fourth-order valence-corrected chi connectivity index (χ4v) is 2.78. The van der Waals surface area contributed by atoms with Gasteiger partial charge in [-0.25, -0.2) is 9.07 Å². The zero-order chi connectivity index (χ0) is 15.5. The molecule has 0 bridgehead atoms. The summed E-state index contributed by atoms with van der Waals surface area (Å²) in [7, 11) is 0. The van der Waals surface area contributed by atoms with E-state index in [-0.39, 0.29) is 5.82 Å². The van der Waals surface area contributed by atoms with Crippen molar-refractivity contribution in [2.75, 3.05) is 25.0 Å². The third-order valence-electron chi connectivity index (χ3n) is 3.91. The average molecular weight is 304 g/mol. The number of rotatable bonds is 5. The van der Waals surface area contributed by atoms with Crippen LogP contribution in [-0.2, 0) is 6.54 Å². The molecule has 2 aromatic rings. The van der Waals surface area contributed by atoms with Gasteiger partial charge in [-0.3, -0.25) is 0 Å². The Morgan fingerprint density at radius 2 is 2.36 bits per heavy atom. The summed E-state index contributed by atoms with van der Waals surface area (Å²) in [6.45, 7) is 4.91. The lowest BCUT2D eigenvalue weighted by Crippen LogP contribution is -2.36. The molecule has 6 heteroatoms. The Labute approximate surface area is 129 Å². The number of nitrogens with zero attached hydrogens (tertiary/aromatic N) is 2. The molecule has 0 radical (unpaired) electrons. The zero-order valence-corrected chi connectivity index (χ0v) is 12.6. The van der Waals surface area contributed by atoms with Crippen molar-refractivity contribution in [3.63, 3.8) is 0 Å². The first-order chi connectivity index (χ1) is 10.6. The number of hydrogen-bond donors (Lipinski definition) is 3. The van der Waals surface area contributed by atoms with E-state index in [0.29, 0.717) is 18.0 Å². The van der Waals surface area contributed by atoms with Crippen molar-refractivity contribution < 1.29 is 9.50 Å². The number of aliphatic hydroxyl groups excluding tert-OH is 1. The summed E-state index contributed by atoms with van der Waals surface area (Å²) in [6.07, 6.45) is -0.699. The molecule has 3 rings (SSSR count). The summed E-state index contributed by atoms with van der Waals surface area (Å²) >= 11 is 0. The molecule has 22 heavy (non-hydrogen) atoms. The van der Waals surface area contributed by atoms with Gasteiger partial charge in [-0.2, -0.15) is 5.10 Å². The van der Waals surface area contributed by atoms with Crippen LogP contribution in [-0.4, -0.2) is 34.5 Å². The summed E-state index contributed by atoms with van der Waals surface area (Å²) in [6, 6.07) is 8.13. The molecule has 1 aromatic carbocycles. The first-order valence-electron chi connectivity index (χ1n) is 7.54. The molecule has 0 unspecified atom stereocenters. The first kappa shape index (κ1) is 15.0. The van der Waals surface area contributed by atoms with Gasteiger partial charge in [0.1, 0.15) is 11.6 Å². The summed E-state index contributed by atoms with van der Waals surface area (Å²) in [4.78, 5) is 0. The monoisotopic (exact) mass is 304 g/mol. The fourth-order valence-electron chi connectivity index (χ4n) is 2.78. The zero-order valence-electron chi connectivity index (χ0n) is 12.6. The van der Waals surface area contributed by atoms with Gasteiger partial charge in [0.05, 0.1) is 11.8 Å².